The van der Waals surface area contributed by atoms with Crippen molar-refractivity contribution in [3.05, 3.63) is 5.82 Å². The molecule has 0 bridgehead atoms. The van der Waals surface area contributed by atoms with E-state index in [1.165, 1.54) is 44.9 Å². The van der Waals surface area contributed by atoms with Gasteiger partial charge in [0.05, 0.1) is 16.4 Å². The lowest BCUT2D eigenvalue weighted by atomic mass is 9.94. The van der Waals surface area contributed by atoms with Crippen molar-refractivity contribution in [2.24, 2.45) is 0 Å². The van der Waals surface area contributed by atoms with Gasteiger partial charge in [0.1, 0.15) is 0 Å². The molecule has 3 rings (SSSR count). The third kappa shape index (κ3) is 4.91. The summed E-state index contributed by atoms with van der Waals surface area (Å²) < 4.78 is 1.98. The summed E-state index contributed by atoms with van der Waals surface area (Å²) in [4.78, 5) is 3.42. The average Bonchev–Trinajstić information content (AvgIpc) is 3.10. The van der Waals surface area contributed by atoms with E-state index in [0.717, 1.165) is 42.9 Å². The highest BCUT2D eigenvalue weighted by Crippen LogP contribution is 2.32. The van der Waals surface area contributed by atoms with Gasteiger partial charge in [0.15, 0.2) is 5.82 Å². The number of alkyl halides is 1. The quantitative estimate of drug-likeness (QED) is 0.541. The Hall–Kier alpha value is -0.750. The van der Waals surface area contributed by atoms with Crippen LogP contribution in [-0.4, -0.2) is 48.6 Å². The van der Waals surface area contributed by atoms with Crippen LogP contribution in [0.3, 0.4) is 0 Å². The molecule has 0 aliphatic heterocycles. The third-order valence-corrected chi connectivity index (χ3v) is 6.83. The highest BCUT2D eigenvalue weighted by atomic mass is 35.5. The Morgan fingerprint density at radius 1 is 1.16 bits per heavy atom. The summed E-state index contributed by atoms with van der Waals surface area (Å²) in [5.74, 6) is 0.959. The summed E-state index contributed by atoms with van der Waals surface area (Å²) in [5.41, 5.74) is 0. The summed E-state index contributed by atoms with van der Waals surface area (Å²) in [6.45, 7) is 0. The van der Waals surface area contributed by atoms with Gasteiger partial charge in [-0.1, -0.05) is 44.3 Å². The summed E-state index contributed by atoms with van der Waals surface area (Å²) in [6, 6.07) is 0.892. The van der Waals surface area contributed by atoms with Gasteiger partial charge >= 0.3 is 0 Å². The molecule has 1 heterocycles. The first kappa shape index (κ1) is 19.0. The molecule has 25 heavy (non-hydrogen) atoms. The Bertz CT molecular complexity index is 557. The molecular formula is C18H30ClN5S. The normalized spacial score (nSPS) is 25.0. The lowest BCUT2D eigenvalue weighted by molar-refractivity contribution is 0.278. The van der Waals surface area contributed by atoms with Gasteiger partial charge in [-0.15, -0.1) is 16.7 Å². The van der Waals surface area contributed by atoms with Gasteiger partial charge < -0.3 is 4.90 Å². The lowest BCUT2D eigenvalue weighted by Crippen LogP contribution is -2.37. The minimum absolute atomic E-state index is 0.148. The predicted molar refractivity (Wildman–Crippen MR) is 105 cm³/mol. The molecule has 2 aliphatic rings. The molecule has 2 aliphatic carbocycles. The highest BCUT2D eigenvalue weighted by Gasteiger charge is 2.28. The fourth-order valence-corrected chi connectivity index (χ4v) is 4.90. The molecule has 7 heteroatoms. The minimum Gasteiger partial charge on any atom is -0.366 e. The molecular weight excluding hydrogens is 354 g/mol. The van der Waals surface area contributed by atoms with Crippen molar-refractivity contribution >= 4 is 28.8 Å². The van der Waals surface area contributed by atoms with Crippen LogP contribution in [0.25, 0.3) is 0 Å². The summed E-state index contributed by atoms with van der Waals surface area (Å²) in [5, 5.41) is 12.5. The highest BCUT2D eigenvalue weighted by molar-refractivity contribution is 7.80. The van der Waals surface area contributed by atoms with E-state index in [4.69, 9.17) is 23.8 Å². The van der Waals surface area contributed by atoms with E-state index < -0.39 is 0 Å². The van der Waals surface area contributed by atoms with Crippen molar-refractivity contribution in [3.8, 4) is 0 Å². The molecule has 2 unspecified atom stereocenters. The van der Waals surface area contributed by atoms with Crippen LogP contribution in [0.1, 0.15) is 82.5 Å². The monoisotopic (exact) mass is 383 g/mol. The van der Waals surface area contributed by atoms with Gasteiger partial charge in [0.2, 0.25) is 0 Å². The lowest BCUT2D eigenvalue weighted by Gasteiger charge is -2.33. The van der Waals surface area contributed by atoms with E-state index in [2.05, 4.69) is 27.5 Å². The number of aromatic nitrogens is 4. The van der Waals surface area contributed by atoms with Crippen LogP contribution in [0.4, 0.5) is 0 Å². The number of thiocarbonyl (C=S) groups is 1. The van der Waals surface area contributed by atoms with Crippen LogP contribution in [-0.2, 0) is 6.42 Å². The molecule has 2 atom stereocenters. The van der Waals surface area contributed by atoms with Gasteiger partial charge in [0.25, 0.3) is 0 Å². The molecule has 1 aromatic heterocycles. The molecule has 0 spiro atoms. The first-order valence-corrected chi connectivity index (χ1v) is 10.7. The Kier molecular flexibility index (Phi) is 7.05. The van der Waals surface area contributed by atoms with Crippen molar-refractivity contribution < 1.29 is 0 Å². The van der Waals surface area contributed by atoms with Crippen molar-refractivity contribution in [2.45, 2.75) is 94.5 Å². The first-order valence-electron chi connectivity index (χ1n) is 9.83. The molecule has 0 radical (unpaired) electrons. The Morgan fingerprint density at radius 2 is 1.88 bits per heavy atom. The molecule has 0 N–H and O–H groups in total. The Morgan fingerprint density at radius 3 is 2.64 bits per heavy atom. The fourth-order valence-electron chi connectivity index (χ4n) is 4.22. The predicted octanol–water partition coefficient (Wildman–Crippen LogP) is 4.31. The van der Waals surface area contributed by atoms with Crippen molar-refractivity contribution in [1.29, 1.82) is 0 Å². The zero-order valence-electron chi connectivity index (χ0n) is 15.2. The number of hydrogen-bond acceptors (Lipinski definition) is 4. The van der Waals surface area contributed by atoms with Gasteiger partial charge in [-0.2, -0.15) is 0 Å². The zero-order valence-corrected chi connectivity index (χ0v) is 16.8. The maximum Gasteiger partial charge on any atom is 0.151 e. The van der Waals surface area contributed by atoms with Gasteiger partial charge in [-0.05, 0) is 49.0 Å². The largest absolute Gasteiger partial charge is 0.366 e. The summed E-state index contributed by atoms with van der Waals surface area (Å²) in [7, 11) is 2.17. The standard InChI is InChI=1S/C18H30ClN5S/c1-23(14-8-3-2-4-9-14)18(25)13-7-12-17-20-21-22-24(17)16-11-6-5-10-15(16)19/h14-16H,2-13H2,1H3. The van der Waals surface area contributed by atoms with E-state index in [1.54, 1.807) is 0 Å². The maximum absolute atomic E-state index is 6.51. The van der Waals surface area contributed by atoms with Gasteiger partial charge in [-0.3, -0.25) is 0 Å². The molecule has 2 saturated carbocycles. The Labute approximate surface area is 161 Å². The number of aryl methyl sites for hydroxylation is 1. The average molecular weight is 384 g/mol. The van der Waals surface area contributed by atoms with E-state index in [9.17, 15) is 0 Å². The maximum atomic E-state index is 6.51. The van der Waals surface area contributed by atoms with Crippen LogP contribution in [0.2, 0.25) is 0 Å². The van der Waals surface area contributed by atoms with Crippen LogP contribution in [0, 0.1) is 0 Å². The smallest absolute Gasteiger partial charge is 0.151 e. The van der Waals surface area contributed by atoms with E-state index in [1.807, 2.05) is 4.68 Å². The molecule has 0 aromatic carbocycles. The fraction of sp³-hybridized carbons (Fsp3) is 0.889. The van der Waals surface area contributed by atoms with Crippen LogP contribution < -0.4 is 0 Å². The number of hydrogen-bond donors (Lipinski definition) is 0. The van der Waals surface area contributed by atoms with Gasteiger partial charge in [0, 0.05) is 19.5 Å². The SMILES string of the molecule is CN(C(=S)CCCc1nnnn1C1CCCCC1Cl)C1CCCCC1. The van der Waals surface area contributed by atoms with Crippen molar-refractivity contribution in [1.82, 2.24) is 25.1 Å². The van der Waals surface area contributed by atoms with Crippen LogP contribution in [0.15, 0.2) is 0 Å². The van der Waals surface area contributed by atoms with E-state index >= 15 is 0 Å². The summed E-state index contributed by atoms with van der Waals surface area (Å²) in [6.07, 6.45) is 14.0. The first-order chi connectivity index (χ1) is 12.2. The van der Waals surface area contributed by atoms with Gasteiger partial charge in [-0.25, -0.2) is 4.68 Å². The van der Waals surface area contributed by atoms with Crippen molar-refractivity contribution in [2.75, 3.05) is 7.05 Å². The molecule has 140 valence electrons. The van der Waals surface area contributed by atoms with Crippen LogP contribution in [0.5, 0.6) is 0 Å². The number of halogens is 1. The molecule has 0 saturated heterocycles. The third-order valence-electron chi connectivity index (χ3n) is 5.83. The van der Waals surface area contributed by atoms with Crippen LogP contribution >= 0.6 is 23.8 Å². The molecule has 1 aromatic rings. The minimum atomic E-state index is 0.148. The topological polar surface area (TPSA) is 46.8 Å². The molecule has 2 fully saturated rings. The van der Waals surface area contributed by atoms with Crippen molar-refractivity contribution in [3.63, 3.8) is 0 Å². The number of tetrazole rings is 1. The van der Waals surface area contributed by atoms with E-state index in [-0.39, 0.29) is 11.4 Å². The molecule has 5 nitrogen and oxygen atoms in total. The zero-order chi connectivity index (χ0) is 17.6. The Balaban J connectivity index is 1.49. The second-order valence-corrected chi connectivity index (χ2v) is 8.59. The molecule has 0 amide bonds. The van der Waals surface area contributed by atoms with E-state index in [0.29, 0.717) is 6.04 Å². The number of nitrogens with zero attached hydrogens (tertiary/aromatic N) is 5. The number of rotatable bonds is 6. The summed E-state index contributed by atoms with van der Waals surface area (Å²) >= 11 is 12.2. The second-order valence-electron chi connectivity index (χ2n) is 7.56. The second kappa shape index (κ2) is 9.26.